The van der Waals surface area contributed by atoms with Crippen molar-refractivity contribution in [3.8, 4) is 11.5 Å². The van der Waals surface area contributed by atoms with E-state index in [2.05, 4.69) is 26.0 Å². The van der Waals surface area contributed by atoms with Gasteiger partial charge in [-0.2, -0.15) is 0 Å². The number of Topliss-reactive ketones (excluding diaryl/α,β-unsaturated/α-hetero) is 1. The summed E-state index contributed by atoms with van der Waals surface area (Å²) in [7, 11) is 3.27. The van der Waals surface area contributed by atoms with Crippen molar-refractivity contribution in [1.82, 2.24) is 4.90 Å². The third-order valence-electron chi connectivity index (χ3n) is 7.41. The number of amides is 1. The van der Waals surface area contributed by atoms with Crippen LogP contribution in [-0.2, 0) is 20.7 Å². The smallest absolute Gasteiger partial charge is 0.328 e. The summed E-state index contributed by atoms with van der Waals surface area (Å²) in [5.41, 5.74) is 5.50. The van der Waals surface area contributed by atoms with Crippen LogP contribution in [-0.4, -0.2) is 56.0 Å². The molecule has 0 N–H and O–H groups in total. The van der Waals surface area contributed by atoms with Gasteiger partial charge in [0.1, 0.15) is 17.5 Å². The molecule has 3 rings (SSSR count). The molecule has 7 heteroatoms. The number of esters is 1. The number of nitrogens with zero attached hydrogens (tertiary/aromatic N) is 1. The molecule has 0 aliphatic carbocycles. The van der Waals surface area contributed by atoms with E-state index in [1.807, 2.05) is 13.8 Å². The average molecular weight is 524 g/mol. The molecule has 0 bridgehead atoms. The molecule has 1 atom stereocenters. The first-order chi connectivity index (χ1) is 18.2. The summed E-state index contributed by atoms with van der Waals surface area (Å²) in [5.74, 6) is -0.0776. The average Bonchev–Trinajstić information content (AvgIpc) is 2.91. The van der Waals surface area contributed by atoms with Crippen molar-refractivity contribution in [2.45, 2.75) is 78.7 Å². The quantitative estimate of drug-likeness (QED) is 0.168. The van der Waals surface area contributed by atoms with E-state index in [1.165, 1.54) is 16.0 Å². The van der Waals surface area contributed by atoms with Gasteiger partial charge in [0.05, 0.1) is 20.8 Å². The van der Waals surface area contributed by atoms with Crippen molar-refractivity contribution in [3.63, 3.8) is 0 Å². The van der Waals surface area contributed by atoms with Gasteiger partial charge in [0.15, 0.2) is 0 Å². The standard InChI is InChI=1S/C31H41NO6/c1-20-16-24(19-27(36-5)23(20)4)12-8-7-11-15-38-31(35)26-13-9-10-14-32(26)30(34)28(33)25-17-21(2)29(37-6)22(3)18-25/h16-19,26H,7-15H2,1-6H3. The van der Waals surface area contributed by atoms with Crippen molar-refractivity contribution in [3.05, 3.63) is 57.6 Å². The van der Waals surface area contributed by atoms with Crippen molar-refractivity contribution in [2.75, 3.05) is 27.4 Å². The second-order valence-electron chi connectivity index (χ2n) is 10.2. The SMILES string of the molecule is COc1cc(CCCCCOC(=O)C2CCCCN2C(=O)C(=O)c2cc(C)c(OC)c(C)c2)cc(C)c1C. The number of carbonyl (C=O) groups is 3. The molecule has 7 nitrogen and oxygen atoms in total. The highest BCUT2D eigenvalue weighted by atomic mass is 16.5. The van der Waals surface area contributed by atoms with Crippen LogP contribution >= 0.6 is 0 Å². The fourth-order valence-electron chi connectivity index (χ4n) is 5.21. The Balaban J connectivity index is 1.51. The Morgan fingerprint density at radius 3 is 2.24 bits per heavy atom. The molecule has 206 valence electrons. The summed E-state index contributed by atoms with van der Waals surface area (Å²) in [5, 5.41) is 0. The number of unbranched alkanes of at least 4 members (excludes halogenated alkanes) is 2. The van der Waals surface area contributed by atoms with Crippen LogP contribution in [0.15, 0.2) is 24.3 Å². The number of methoxy groups -OCH3 is 2. The lowest BCUT2D eigenvalue weighted by Crippen LogP contribution is -2.51. The number of hydrogen-bond donors (Lipinski definition) is 0. The molecule has 1 unspecified atom stereocenters. The highest BCUT2D eigenvalue weighted by Gasteiger charge is 2.36. The van der Waals surface area contributed by atoms with Gasteiger partial charge >= 0.3 is 5.97 Å². The minimum Gasteiger partial charge on any atom is -0.496 e. The molecule has 2 aromatic rings. The lowest BCUT2D eigenvalue weighted by Gasteiger charge is -2.33. The molecule has 38 heavy (non-hydrogen) atoms. The summed E-state index contributed by atoms with van der Waals surface area (Å²) in [6.07, 6.45) is 5.66. The highest BCUT2D eigenvalue weighted by molar-refractivity contribution is 6.43. The third kappa shape index (κ3) is 6.94. The summed E-state index contributed by atoms with van der Waals surface area (Å²) < 4.78 is 16.4. The normalized spacial score (nSPS) is 15.2. The molecule has 1 aliphatic rings. The van der Waals surface area contributed by atoms with E-state index in [1.54, 1.807) is 26.4 Å². The predicted molar refractivity (Wildman–Crippen MR) is 147 cm³/mol. The van der Waals surface area contributed by atoms with E-state index >= 15 is 0 Å². The van der Waals surface area contributed by atoms with Crippen LogP contribution in [0.5, 0.6) is 11.5 Å². The molecular formula is C31H41NO6. The van der Waals surface area contributed by atoms with Crippen LogP contribution in [0.25, 0.3) is 0 Å². The number of carbonyl (C=O) groups excluding carboxylic acids is 3. The summed E-state index contributed by atoms with van der Waals surface area (Å²) >= 11 is 0. The summed E-state index contributed by atoms with van der Waals surface area (Å²) in [4.78, 5) is 40.5. The number of benzene rings is 2. The number of ketones is 1. The highest BCUT2D eigenvalue weighted by Crippen LogP contribution is 2.27. The van der Waals surface area contributed by atoms with Crippen LogP contribution < -0.4 is 9.47 Å². The zero-order valence-corrected chi connectivity index (χ0v) is 23.6. The zero-order chi connectivity index (χ0) is 27.8. The van der Waals surface area contributed by atoms with E-state index in [4.69, 9.17) is 14.2 Å². The van der Waals surface area contributed by atoms with Gasteiger partial charge < -0.3 is 19.1 Å². The van der Waals surface area contributed by atoms with Crippen molar-refractivity contribution >= 4 is 17.7 Å². The number of ether oxygens (including phenoxy) is 3. The third-order valence-corrected chi connectivity index (χ3v) is 7.41. The second kappa shape index (κ2) is 13.4. The molecule has 2 aromatic carbocycles. The van der Waals surface area contributed by atoms with E-state index < -0.39 is 23.7 Å². The molecule has 0 radical (unpaired) electrons. The molecule has 0 spiro atoms. The molecule has 0 aromatic heterocycles. The molecule has 1 fully saturated rings. The van der Waals surface area contributed by atoms with E-state index in [0.29, 0.717) is 30.9 Å². The Hall–Kier alpha value is -3.35. The number of hydrogen-bond acceptors (Lipinski definition) is 6. The van der Waals surface area contributed by atoms with Gasteiger partial charge in [-0.25, -0.2) is 4.79 Å². The molecule has 0 saturated carbocycles. The maximum Gasteiger partial charge on any atom is 0.328 e. The summed E-state index contributed by atoms with van der Waals surface area (Å²) in [6, 6.07) is 6.90. The number of likely N-dealkylation sites (tertiary alicyclic amines) is 1. The van der Waals surface area contributed by atoms with Crippen LogP contribution in [0, 0.1) is 27.7 Å². The Labute approximate surface area is 226 Å². The van der Waals surface area contributed by atoms with Crippen LogP contribution in [0.2, 0.25) is 0 Å². The van der Waals surface area contributed by atoms with Crippen LogP contribution in [0.1, 0.15) is 76.7 Å². The lowest BCUT2D eigenvalue weighted by atomic mass is 9.98. The number of rotatable bonds is 11. The topological polar surface area (TPSA) is 82.1 Å². The minimum absolute atomic E-state index is 0.304. The number of aryl methyl sites for hydroxylation is 4. The predicted octanol–water partition coefficient (Wildman–Crippen LogP) is 5.46. The molecule has 1 aliphatic heterocycles. The molecular weight excluding hydrogens is 482 g/mol. The van der Waals surface area contributed by atoms with Gasteiger partial charge in [-0.1, -0.05) is 6.07 Å². The fourth-order valence-corrected chi connectivity index (χ4v) is 5.21. The van der Waals surface area contributed by atoms with Crippen molar-refractivity contribution < 1.29 is 28.6 Å². The van der Waals surface area contributed by atoms with Gasteiger partial charge in [0.25, 0.3) is 5.91 Å². The first-order valence-corrected chi connectivity index (χ1v) is 13.5. The van der Waals surface area contributed by atoms with Gasteiger partial charge in [-0.05, 0) is 119 Å². The van der Waals surface area contributed by atoms with E-state index in [-0.39, 0.29) is 0 Å². The van der Waals surface area contributed by atoms with Crippen LogP contribution in [0.4, 0.5) is 0 Å². The number of piperidine rings is 1. The molecule has 1 amide bonds. The zero-order valence-electron chi connectivity index (χ0n) is 23.6. The maximum atomic E-state index is 13.2. The fraction of sp³-hybridized carbons (Fsp3) is 0.516. The van der Waals surface area contributed by atoms with Crippen molar-refractivity contribution in [2.24, 2.45) is 0 Å². The summed E-state index contributed by atoms with van der Waals surface area (Å²) in [6.45, 7) is 8.51. The Morgan fingerprint density at radius 2 is 1.58 bits per heavy atom. The van der Waals surface area contributed by atoms with Gasteiger partial charge in [0.2, 0.25) is 5.78 Å². The van der Waals surface area contributed by atoms with Crippen molar-refractivity contribution in [1.29, 1.82) is 0 Å². The largest absolute Gasteiger partial charge is 0.496 e. The second-order valence-corrected chi connectivity index (χ2v) is 10.2. The van der Waals surface area contributed by atoms with Gasteiger partial charge in [0, 0.05) is 12.1 Å². The first kappa shape index (κ1) is 29.2. The van der Waals surface area contributed by atoms with Gasteiger partial charge in [-0.15, -0.1) is 0 Å². The molecule has 1 heterocycles. The van der Waals surface area contributed by atoms with E-state index in [0.717, 1.165) is 61.0 Å². The lowest BCUT2D eigenvalue weighted by molar-refractivity contribution is -0.155. The first-order valence-electron chi connectivity index (χ1n) is 13.5. The van der Waals surface area contributed by atoms with E-state index in [9.17, 15) is 14.4 Å². The maximum absolute atomic E-state index is 13.2. The minimum atomic E-state index is -0.719. The molecule has 1 saturated heterocycles. The van der Waals surface area contributed by atoms with Gasteiger partial charge in [-0.3, -0.25) is 9.59 Å². The Kier molecular flexibility index (Phi) is 10.3. The Bertz CT molecular complexity index is 1150. The Morgan fingerprint density at radius 1 is 0.868 bits per heavy atom. The monoisotopic (exact) mass is 523 g/mol. The van der Waals surface area contributed by atoms with Crippen LogP contribution in [0.3, 0.4) is 0 Å².